The molecule has 1 aliphatic carbocycles. The topological polar surface area (TPSA) is 90.1 Å². The number of benzene rings is 1. The lowest BCUT2D eigenvalue weighted by molar-refractivity contribution is -0.385. The third kappa shape index (κ3) is 3.15. The molecule has 0 saturated carbocycles. The van der Waals surface area contributed by atoms with Crippen LogP contribution >= 0.6 is 0 Å². The van der Waals surface area contributed by atoms with Crippen molar-refractivity contribution >= 4 is 11.6 Å². The van der Waals surface area contributed by atoms with Crippen molar-refractivity contribution in [3.8, 4) is 0 Å². The van der Waals surface area contributed by atoms with Gasteiger partial charge in [0.15, 0.2) is 0 Å². The van der Waals surface area contributed by atoms with Crippen LogP contribution < -0.4 is 5.32 Å². The quantitative estimate of drug-likeness (QED) is 0.674. The van der Waals surface area contributed by atoms with E-state index in [9.17, 15) is 14.9 Å². The van der Waals surface area contributed by atoms with E-state index in [0.717, 1.165) is 12.8 Å². The number of aryl methyl sites for hydroxylation is 1. The van der Waals surface area contributed by atoms with Gasteiger partial charge in [-0.1, -0.05) is 6.07 Å². The SMILES string of the molecule is Cc1c(C(=O)NCCn2ncc3c2CCCC3)cccc1[N+](=O)[O-]. The fourth-order valence-corrected chi connectivity index (χ4v) is 3.19. The molecule has 0 radical (unpaired) electrons. The number of nitro groups is 1. The van der Waals surface area contributed by atoms with Gasteiger partial charge < -0.3 is 5.32 Å². The molecule has 1 amide bonds. The fraction of sp³-hybridized carbons (Fsp3) is 0.412. The van der Waals surface area contributed by atoms with Gasteiger partial charge in [-0.15, -0.1) is 0 Å². The van der Waals surface area contributed by atoms with E-state index in [1.54, 1.807) is 13.0 Å². The molecule has 7 heteroatoms. The van der Waals surface area contributed by atoms with Gasteiger partial charge in [0.2, 0.25) is 0 Å². The molecule has 2 aromatic rings. The molecule has 0 fully saturated rings. The maximum Gasteiger partial charge on any atom is 0.273 e. The molecule has 0 atom stereocenters. The molecule has 0 spiro atoms. The molecule has 126 valence electrons. The second kappa shape index (κ2) is 6.82. The van der Waals surface area contributed by atoms with E-state index in [1.807, 2.05) is 10.9 Å². The van der Waals surface area contributed by atoms with Crippen molar-refractivity contribution < 1.29 is 9.72 Å². The number of rotatable bonds is 5. The third-order valence-electron chi connectivity index (χ3n) is 4.50. The number of nitrogens with zero attached hydrogens (tertiary/aromatic N) is 3. The summed E-state index contributed by atoms with van der Waals surface area (Å²) in [5.41, 5.74) is 3.26. The molecule has 24 heavy (non-hydrogen) atoms. The van der Waals surface area contributed by atoms with E-state index in [2.05, 4.69) is 10.4 Å². The third-order valence-corrected chi connectivity index (χ3v) is 4.50. The first-order chi connectivity index (χ1) is 11.6. The highest BCUT2D eigenvalue weighted by Crippen LogP contribution is 2.21. The van der Waals surface area contributed by atoms with E-state index in [4.69, 9.17) is 0 Å². The molecule has 1 aromatic carbocycles. The van der Waals surface area contributed by atoms with Crippen molar-refractivity contribution in [1.29, 1.82) is 0 Å². The molecular weight excluding hydrogens is 308 g/mol. The van der Waals surface area contributed by atoms with Crippen LogP contribution in [0, 0.1) is 17.0 Å². The Kier molecular flexibility index (Phi) is 4.59. The summed E-state index contributed by atoms with van der Waals surface area (Å²) >= 11 is 0. The summed E-state index contributed by atoms with van der Waals surface area (Å²) < 4.78 is 1.95. The van der Waals surface area contributed by atoms with Gasteiger partial charge in [-0.05, 0) is 44.2 Å². The number of fused-ring (bicyclic) bond motifs is 1. The first-order valence-electron chi connectivity index (χ1n) is 8.13. The van der Waals surface area contributed by atoms with Gasteiger partial charge in [0.1, 0.15) is 0 Å². The smallest absolute Gasteiger partial charge is 0.273 e. The first-order valence-corrected chi connectivity index (χ1v) is 8.13. The highest BCUT2D eigenvalue weighted by atomic mass is 16.6. The van der Waals surface area contributed by atoms with E-state index in [-0.39, 0.29) is 11.6 Å². The van der Waals surface area contributed by atoms with Crippen LogP contribution in [0.25, 0.3) is 0 Å². The van der Waals surface area contributed by atoms with Gasteiger partial charge in [-0.3, -0.25) is 19.6 Å². The first kappa shape index (κ1) is 16.2. The highest BCUT2D eigenvalue weighted by Gasteiger charge is 2.18. The van der Waals surface area contributed by atoms with Crippen molar-refractivity contribution in [1.82, 2.24) is 15.1 Å². The van der Waals surface area contributed by atoms with E-state index in [1.165, 1.54) is 36.2 Å². The van der Waals surface area contributed by atoms with Crippen LogP contribution in [0.4, 0.5) is 5.69 Å². The van der Waals surface area contributed by atoms with Crippen LogP contribution in [0.1, 0.15) is 40.0 Å². The van der Waals surface area contributed by atoms with Gasteiger partial charge in [0.05, 0.1) is 17.7 Å². The Morgan fingerprint density at radius 3 is 2.96 bits per heavy atom. The molecule has 0 unspecified atom stereocenters. The Hall–Kier alpha value is -2.70. The van der Waals surface area contributed by atoms with Crippen molar-refractivity contribution in [3.63, 3.8) is 0 Å². The Morgan fingerprint density at radius 1 is 1.38 bits per heavy atom. The number of hydrogen-bond donors (Lipinski definition) is 1. The fourth-order valence-electron chi connectivity index (χ4n) is 3.19. The van der Waals surface area contributed by atoms with Crippen LogP contribution in [0.5, 0.6) is 0 Å². The van der Waals surface area contributed by atoms with E-state index < -0.39 is 4.92 Å². The summed E-state index contributed by atoms with van der Waals surface area (Å²) in [5.74, 6) is -0.294. The predicted octanol–water partition coefficient (Wildman–Crippen LogP) is 2.41. The largest absolute Gasteiger partial charge is 0.350 e. The van der Waals surface area contributed by atoms with Crippen molar-refractivity contribution in [2.45, 2.75) is 39.2 Å². The molecule has 0 bridgehead atoms. The minimum Gasteiger partial charge on any atom is -0.350 e. The minimum atomic E-state index is -0.470. The van der Waals surface area contributed by atoms with Crippen molar-refractivity contribution in [2.75, 3.05) is 6.54 Å². The molecule has 1 N–H and O–H groups in total. The van der Waals surface area contributed by atoms with Gasteiger partial charge >= 0.3 is 0 Å². The van der Waals surface area contributed by atoms with Gasteiger partial charge in [0, 0.05) is 29.4 Å². The molecule has 7 nitrogen and oxygen atoms in total. The van der Waals surface area contributed by atoms with Crippen molar-refractivity contribution in [2.24, 2.45) is 0 Å². The Morgan fingerprint density at radius 2 is 2.17 bits per heavy atom. The van der Waals surface area contributed by atoms with Gasteiger partial charge in [0.25, 0.3) is 11.6 Å². The molecule has 1 aromatic heterocycles. The zero-order valence-corrected chi connectivity index (χ0v) is 13.6. The van der Waals surface area contributed by atoms with Crippen LogP contribution in [0.3, 0.4) is 0 Å². The van der Waals surface area contributed by atoms with E-state index >= 15 is 0 Å². The standard InChI is InChI=1S/C17H20N4O3/c1-12-14(6-4-8-15(12)21(23)24)17(22)18-9-10-20-16-7-3-2-5-13(16)11-19-20/h4,6,8,11H,2-3,5,7,9-10H2,1H3,(H,18,22). The van der Waals surface area contributed by atoms with Gasteiger partial charge in [-0.25, -0.2) is 0 Å². The number of amides is 1. The molecule has 0 aliphatic heterocycles. The second-order valence-corrected chi connectivity index (χ2v) is 6.01. The second-order valence-electron chi connectivity index (χ2n) is 6.01. The summed E-state index contributed by atoms with van der Waals surface area (Å²) in [6.45, 7) is 2.64. The monoisotopic (exact) mass is 328 g/mol. The number of nitro benzene ring substituents is 1. The Labute approximate surface area is 139 Å². The molecule has 3 rings (SSSR count). The minimum absolute atomic E-state index is 0.0382. The summed E-state index contributed by atoms with van der Waals surface area (Å²) in [5, 5.41) is 18.2. The maximum absolute atomic E-state index is 12.3. The molecule has 1 aliphatic rings. The maximum atomic E-state index is 12.3. The van der Waals surface area contributed by atoms with Crippen molar-refractivity contribution in [3.05, 3.63) is 56.9 Å². The van der Waals surface area contributed by atoms with E-state index in [0.29, 0.717) is 24.2 Å². The van der Waals surface area contributed by atoms with Crippen LogP contribution in [0.15, 0.2) is 24.4 Å². The predicted molar refractivity (Wildman–Crippen MR) is 89.0 cm³/mol. The zero-order valence-electron chi connectivity index (χ0n) is 13.6. The lowest BCUT2D eigenvalue weighted by Crippen LogP contribution is -2.28. The number of aromatic nitrogens is 2. The average molecular weight is 328 g/mol. The van der Waals surface area contributed by atoms with Crippen LogP contribution in [-0.2, 0) is 19.4 Å². The number of carbonyl (C=O) groups excluding carboxylic acids is 1. The summed E-state index contributed by atoms with van der Waals surface area (Å²) in [6.07, 6.45) is 6.42. The summed E-state index contributed by atoms with van der Waals surface area (Å²) in [7, 11) is 0. The zero-order chi connectivity index (χ0) is 17.1. The summed E-state index contributed by atoms with van der Waals surface area (Å²) in [4.78, 5) is 22.8. The highest BCUT2D eigenvalue weighted by molar-refractivity contribution is 5.96. The molecular formula is C17H20N4O3. The Balaban J connectivity index is 1.63. The number of hydrogen-bond acceptors (Lipinski definition) is 4. The molecule has 0 saturated heterocycles. The lowest BCUT2D eigenvalue weighted by Gasteiger charge is -2.14. The van der Waals surface area contributed by atoms with Gasteiger partial charge in [-0.2, -0.15) is 5.10 Å². The van der Waals surface area contributed by atoms with Crippen LogP contribution in [0.2, 0.25) is 0 Å². The Bertz CT molecular complexity index is 782. The average Bonchev–Trinajstić information content (AvgIpc) is 2.98. The van der Waals surface area contributed by atoms with Crippen LogP contribution in [-0.4, -0.2) is 27.2 Å². The normalized spacial score (nSPS) is 13.4. The lowest BCUT2D eigenvalue weighted by atomic mass is 9.98. The molecule has 1 heterocycles. The summed E-state index contributed by atoms with van der Waals surface area (Å²) in [6, 6.07) is 4.54. The number of nitrogens with one attached hydrogen (secondary N) is 1. The number of carbonyl (C=O) groups is 1.